The molecule has 0 saturated carbocycles. The summed E-state index contributed by atoms with van der Waals surface area (Å²) in [5.41, 5.74) is 4.04. The zero-order valence-corrected chi connectivity index (χ0v) is 16.4. The van der Waals surface area contributed by atoms with Crippen LogP contribution in [0.15, 0.2) is 28.9 Å². The van der Waals surface area contributed by atoms with Crippen molar-refractivity contribution in [2.45, 2.75) is 33.2 Å². The molecule has 2 N–H and O–H groups in total. The highest BCUT2D eigenvalue weighted by Gasteiger charge is 2.30. The Hall–Kier alpha value is -3.49. The van der Waals surface area contributed by atoms with E-state index in [2.05, 4.69) is 25.7 Å². The molecule has 0 saturated heterocycles. The Morgan fingerprint density at radius 1 is 1.31 bits per heavy atom. The molecule has 4 heterocycles. The first-order chi connectivity index (χ1) is 14.0. The fourth-order valence-corrected chi connectivity index (χ4v) is 3.56. The SMILES string of the molecule is Cc1noc(C)c1C(=O)N1CCc2c(C(=O)NCCc3ccccn3)n[nH]c2C1. The van der Waals surface area contributed by atoms with E-state index in [0.717, 1.165) is 17.0 Å². The summed E-state index contributed by atoms with van der Waals surface area (Å²) >= 11 is 0. The van der Waals surface area contributed by atoms with E-state index in [-0.39, 0.29) is 11.8 Å². The number of fused-ring (bicyclic) bond motifs is 1. The summed E-state index contributed by atoms with van der Waals surface area (Å²) < 4.78 is 5.11. The molecule has 150 valence electrons. The lowest BCUT2D eigenvalue weighted by Gasteiger charge is -2.26. The molecule has 3 aromatic rings. The Kier molecular flexibility index (Phi) is 5.11. The van der Waals surface area contributed by atoms with Gasteiger partial charge in [0.05, 0.1) is 17.9 Å². The van der Waals surface area contributed by atoms with Crippen molar-refractivity contribution in [3.63, 3.8) is 0 Å². The number of hydrogen-bond donors (Lipinski definition) is 2. The van der Waals surface area contributed by atoms with E-state index in [4.69, 9.17) is 4.52 Å². The Morgan fingerprint density at radius 3 is 2.90 bits per heavy atom. The van der Waals surface area contributed by atoms with E-state index in [1.54, 1.807) is 24.9 Å². The number of hydrogen-bond acceptors (Lipinski definition) is 6. The van der Waals surface area contributed by atoms with Gasteiger partial charge in [-0.3, -0.25) is 19.7 Å². The first kappa shape index (κ1) is 18.9. The van der Waals surface area contributed by atoms with Crippen LogP contribution in [-0.2, 0) is 19.4 Å². The number of nitrogens with zero attached hydrogens (tertiary/aromatic N) is 4. The summed E-state index contributed by atoms with van der Waals surface area (Å²) in [6.45, 7) is 4.83. The van der Waals surface area contributed by atoms with Crippen molar-refractivity contribution in [1.82, 2.24) is 30.6 Å². The number of aryl methyl sites for hydroxylation is 2. The smallest absolute Gasteiger partial charge is 0.272 e. The van der Waals surface area contributed by atoms with Crippen LogP contribution in [0.3, 0.4) is 0 Å². The number of pyridine rings is 1. The molecule has 9 nitrogen and oxygen atoms in total. The first-order valence-corrected chi connectivity index (χ1v) is 9.51. The second-order valence-electron chi connectivity index (χ2n) is 7.03. The van der Waals surface area contributed by atoms with Crippen molar-refractivity contribution in [1.29, 1.82) is 0 Å². The molecular formula is C20H22N6O3. The number of carbonyl (C=O) groups excluding carboxylic acids is 2. The van der Waals surface area contributed by atoms with Gasteiger partial charge in [-0.25, -0.2) is 0 Å². The molecule has 29 heavy (non-hydrogen) atoms. The van der Waals surface area contributed by atoms with Gasteiger partial charge in [-0.2, -0.15) is 5.10 Å². The highest BCUT2D eigenvalue weighted by Crippen LogP contribution is 2.23. The number of rotatable bonds is 5. The number of amides is 2. The summed E-state index contributed by atoms with van der Waals surface area (Å²) in [5.74, 6) is 0.169. The van der Waals surface area contributed by atoms with E-state index in [1.807, 2.05) is 18.2 Å². The number of aromatic amines is 1. The van der Waals surface area contributed by atoms with Crippen molar-refractivity contribution in [2.75, 3.05) is 13.1 Å². The number of carbonyl (C=O) groups is 2. The van der Waals surface area contributed by atoms with Crippen LogP contribution in [0.2, 0.25) is 0 Å². The van der Waals surface area contributed by atoms with Gasteiger partial charge in [-0.15, -0.1) is 0 Å². The van der Waals surface area contributed by atoms with E-state index >= 15 is 0 Å². The molecule has 0 spiro atoms. The lowest BCUT2D eigenvalue weighted by Crippen LogP contribution is -2.37. The summed E-state index contributed by atoms with van der Waals surface area (Å²) in [6.07, 6.45) is 2.94. The minimum atomic E-state index is -0.219. The molecule has 0 fully saturated rings. The van der Waals surface area contributed by atoms with E-state index < -0.39 is 0 Å². The van der Waals surface area contributed by atoms with Crippen LogP contribution in [0.25, 0.3) is 0 Å². The standard InChI is InChI=1S/C20H22N6O3/c1-12-17(13(2)29-25-12)20(28)26-10-7-15-16(11-26)23-24-18(15)19(27)22-9-6-14-5-3-4-8-21-14/h3-5,8H,6-7,9-11H2,1-2H3,(H,22,27)(H,23,24). The van der Waals surface area contributed by atoms with Crippen molar-refractivity contribution in [3.05, 3.63) is 64.1 Å². The second kappa shape index (κ2) is 7.86. The van der Waals surface area contributed by atoms with Gasteiger partial charge < -0.3 is 14.7 Å². The zero-order chi connectivity index (χ0) is 20.4. The molecule has 9 heteroatoms. The Balaban J connectivity index is 1.40. The summed E-state index contributed by atoms with van der Waals surface area (Å²) in [6, 6.07) is 5.70. The molecular weight excluding hydrogens is 372 g/mol. The largest absolute Gasteiger partial charge is 0.361 e. The molecule has 1 aliphatic heterocycles. The van der Waals surface area contributed by atoms with Crippen molar-refractivity contribution in [3.8, 4) is 0 Å². The summed E-state index contributed by atoms with van der Waals surface area (Å²) in [7, 11) is 0. The van der Waals surface area contributed by atoms with Crippen LogP contribution < -0.4 is 5.32 Å². The van der Waals surface area contributed by atoms with Gasteiger partial charge in [0.25, 0.3) is 11.8 Å². The number of nitrogens with one attached hydrogen (secondary N) is 2. The molecule has 0 aromatic carbocycles. The third-order valence-corrected chi connectivity index (χ3v) is 5.08. The molecule has 0 unspecified atom stereocenters. The van der Waals surface area contributed by atoms with Gasteiger partial charge in [0.15, 0.2) is 5.69 Å². The third-order valence-electron chi connectivity index (χ3n) is 5.08. The van der Waals surface area contributed by atoms with E-state index in [1.165, 1.54) is 0 Å². The van der Waals surface area contributed by atoms with Gasteiger partial charge in [-0.1, -0.05) is 11.2 Å². The molecule has 4 rings (SSSR count). The predicted octanol–water partition coefficient (Wildman–Crippen LogP) is 1.58. The highest BCUT2D eigenvalue weighted by atomic mass is 16.5. The molecule has 0 radical (unpaired) electrons. The van der Waals surface area contributed by atoms with Crippen LogP contribution >= 0.6 is 0 Å². The van der Waals surface area contributed by atoms with Gasteiger partial charge in [0.2, 0.25) is 0 Å². The maximum Gasteiger partial charge on any atom is 0.272 e. The highest BCUT2D eigenvalue weighted by molar-refractivity contribution is 5.97. The van der Waals surface area contributed by atoms with E-state index in [0.29, 0.717) is 55.2 Å². The Morgan fingerprint density at radius 2 is 2.17 bits per heavy atom. The monoisotopic (exact) mass is 394 g/mol. The summed E-state index contributed by atoms with van der Waals surface area (Å²) in [4.78, 5) is 31.3. The van der Waals surface area contributed by atoms with Crippen LogP contribution in [0.1, 0.15) is 49.3 Å². The van der Waals surface area contributed by atoms with E-state index in [9.17, 15) is 9.59 Å². The average Bonchev–Trinajstić information content (AvgIpc) is 3.30. The minimum absolute atomic E-state index is 0.122. The Labute approximate surface area is 167 Å². The molecule has 0 bridgehead atoms. The van der Waals surface area contributed by atoms with Gasteiger partial charge in [0, 0.05) is 37.0 Å². The maximum absolute atomic E-state index is 12.8. The predicted molar refractivity (Wildman–Crippen MR) is 103 cm³/mol. The normalized spacial score (nSPS) is 13.2. The molecule has 2 amide bonds. The molecule has 1 aliphatic rings. The first-order valence-electron chi connectivity index (χ1n) is 9.51. The maximum atomic E-state index is 12.8. The zero-order valence-electron chi connectivity index (χ0n) is 16.4. The van der Waals surface area contributed by atoms with Crippen molar-refractivity contribution >= 4 is 11.8 Å². The molecule has 3 aromatic heterocycles. The second-order valence-corrected chi connectivity index (χ2v) is 7.03. The fourth-order valence-electron chi connectivity index (χ4n) is 3.56. The van der Waals surface area contributed by atoms with Gasteiger partial charge in [0.1, 0.15) is 11.3 Å². The Bertz CT molecular complexity index is 1020. The van der Waals surface area contributed by atoms with Crippen molar-refractivity contribution in [2.24, 2.45) is 0 Å². The number of aromatic nitrogens is 4. The average molecular weight is 394 g/mol. The van der Waals surface area contributed by atoms with Gasteiger partial charge in [-0.05, 0) is 32.4 Å². The topological polar surface area (TPSA) is 117 Å². The number of H-pyrrole nitrogens is 1. The van der Waals surface area contributed by atoms with Crippen molar-refractivity contribution < 1.29 is 14.1 Å². The lowest BCUT2D eigenvalue weighted by atomic mass is 10.0. The molecule has 0 atom stereocenters. The van der Waals surface area contributed by atoms with Crippen LogP contribution in [-0.4, -0.2) is 50.1 Å². The lowest BCUT2D eigenvalue weighted by molar-refractivity contribution is 0.0730. The quantitative estimate of drug-likeness (QED) is 0.679. The van der Waals surface area contributed by atoms with Crippen LogP contribution in [0.5, 0.6) is 0 Å². The minimum Gasteiger partial charge on any atom is -0.361 e. The third kappa shape index (κ3) is 3.75. The molecule has 0 aliphatic carbocycles. The fraction of sp³-hybridized carbons (Fsp3) is 0.350. The van der Waals surface area contributed by atoms with Crippen LogP contribution in [0, 0.1) is 13.8 Å². The van der Waals surface area contributed by atoms with Crippen LogP contribution in [0.4, 0.5) is 0 Å². The van der Waals surface area contributed by atoms with Gasteiger partial charge >= 0.3 is 0 Å². The summed E-state index contributed by atoms with van der Waals surface area (Å²) in [5, 5.41) is 13.9.